The number of nitrogen functional groups attached to an aromatic ring is 1. The van der Waals surface area contributed by atoms with Crippen LogP contribution in [0.15, 0.2) is 54.7 Å². The molecule has 0 unspecified atom stereocenters. The Labute approximate surface area is 205 Å². The molecule has 1 saturated heterocycles. The molecule has 2 aromatic heterocycles. The van der Waals surface area contributed by atoms with Crippen molar-refractivity contribution in [2.75, 3.05) is 32.0 Å². The van der Waals surface area contributed by atoms with Crippen LogP contribution in [0.3, 0.4) is 0 Å². The van der Waals surface area contributed by atoms with Gasteiger partial charge in [-0.15, -0.1) is 0 Å². The zero-order valence-corrected chi connectivity index (χ0v) is 19.9. The van der Waals surface area contributed by atoms with E-state index < -0.39 is 0 Å². The van der Waals surface area contributed by atoms with Gasteiger partial charge in [-0.3, -0.25) is 14.7 Å². The van der Waals surface area contributed by atoms with E-state index in [-0.39, 0.29) is 28.7 Å². The Hall–Kier alpha value is -3.96. The second kappa shape index (κ2) is 11.4. The summed E-state index contributed by atoms with van der Waals surface area (Å²) in [7, 11) is 0. The number of nitrogens with zero attached hydrogens (tertiary/aromatic N) is 4. The van der Waals surface area contributed by atoms with Gasteiger partial charge in [-0.2, -0.15) is 5.26 Å². The van der Waals surface area contributed by atoms with Crippen LogP contribution < -0.4 is 15.8 Å². The number of pyridine rings is 2. The summed E-state index contributed by atoms with van der Waals surface area (Å²) in [6.45, 7) is 5.58. The predicted molar refractivity (Wildman–Crippen MR) is 135 cm³/mol. The molecule has 0 bridgehead atoms. The summed E-state index contributed by atoms with van der Waals surface area (Å²) in [5, 5.41) is 12.2. The van der Waals surface area contributed by atoms with Crippen LogP contribution in [-0.4, -0.2) is 47.0 Å². The van der Waals surface area contributed by atoms with Crippen molar-refractivity contribution in [2.24, 2.45) is 5.92 Å². The Bertz CT molecular complexity index is 1180. The van der Waals surface area contributed by atoms with Crippen LogP contribution in [-0.2, 0) is 6.54 Å². The minimum Gasteiger partial charge on any atom is -0.477 e. The molecule has 3 aromatic rings. The lowest BCUT2D eigenvalue weighted by Gasteiger charge is -2.32. The second-order valence-electron chi connectivity index (χ2n) is 8.66. The SMILES string of the molecule is CCOc1nc(C(=O)NCC2CCN(Cc3ccc(-c4ccccn4)cc3)CC2)cc(N)c1C#N. The van der Waals surface area contributed by atoms with Gasteiger partial charge in [0.25, 0.3) is 5.91 Å². The Kier molecular flexibility index (Phi) is 7.91. The maximum Gasteiger partial charge on any atom is 0.270 e. The van der Waals surface area contributed by atoms with Crippen molar-refractivity contribution in [3.05, 3.63) is 71.5 Å². The van der Waals surface area contributed by atoms with Gasteiger partial charge in [-0.25, -0.2) is 4.98 Å². The highest BCUT2D eigenvalue weighted by atomic mass is 16.5. The van der Waals surface area contributed by atoms with Gasteiger partial charge in [0.05, 0.1) is 18.0 Å². The van der Waals surface area contributed by atoms with Gasteiger partial charge < -0.3 is 15.8 Å². The molecule has 1 aromatic carbocycles. The van der Waals surface area contributed by atoms with Gasteiger partial charge in [-0.05, 0) is 62.5 Å². The first kappa shape index (κ1) is 24.2. The number of carbonyl (C=O) groups excluding carboxylic acids is 1. The third-order valence-electron chi connectivity index (χ3n) is 6.22. The number of nitriles is 1. The number of piperidine rings is 1. The highest BCUT2D eigenvalue weighted by Gasteiger charge is 2.21. The summed E-state index contributed by atoms with van der Waals surface area (Å²) >= 11 is 0. The maximum atomic E-state index is 12.6. The molecule has 8 heteroatoms. The zero-order chi connectivity index (χ0) is 24.6. The number of likely N-dealkylation sites (tertiary alicyclic amines) is 1. The number of aromatic nitrogens is 2. The predicted octanol–water partition coefficient (Wildman–Crippen LogP) is 3.64. The molecule has 0 atom stereocenters. The number of hydrogen-bond donors (Lipinski definition) is 2. The number of nitrogens with one attached hydrogen (secondary N) is 1. The summed E-state index contributed by atoms with van der Waals surface area (Å²) in [6, 6.07) is 17.9. The molecule has 1 aliphatic rings. The molecule has 3 heterocycles. The van der Waals surface area contributed by atoms with E-state index in [2.05, 4.69) is 44.5 Å². The lowest BCUT2D eigenvalue weighted by atomic mass is 9.96. The fourth-order valence-electron chi connectivity index (χ4n) is 4.26. The second-order valence-corrected chi connectivity index (χ2v) is 8.66. The van der Waals surface area contributed by atoms with Crippen LogP contribution in [0.1, 0.15) is 41.4 Å². The fourth-order valence-corrected chi connectivity index (χ4v) is 4.26. The molecule has 4 rings (SSSR count). The minimum absolute atomic E-state index is 0.0986. The van der Waals surface area contributed by atoms with E-state index in [9.17, 15) is 10.1 Å². The van der Waals surface area contributed by atoms with E-state index in [1.807, 2.05) is 30.5 Å². The summed E-state index contributed by atoms with van der Waals surface area (Å²) in [4.78, 5) is 23.7. The Morgan fingerprint density at radius 1 is 1.23 bits per heavy atom. The number of carbonyl (C=O) groups is 1. The van der Waals surface area contributed by atoms with Crippen molar-refractivity contribution in [1.29, 1.82) is 5.26 Å². The quantitative estimate of drug-likeness (QED) is 0.516. The number of ether oxygens (including phenoxy) is 1. The van der Waals surface area contributed by atoms with Crippen LogP contribution >= 0.6 is 0 Å². The van der Waals surface area contributed by atoms with Crippen molar-refractivity contribution in [3.63, 3.8) is 0 Å². The molecule has 0 aliphatic carbocycles. The molecule has 1 aliphatic heterocycles. The summed E-state index contributed by atoms with van der Waals surface area (Å²) in [6.07, 6.45) is 3.84. The first-order valence-electron chi connectivity index (χ1n) is 11.9. The minimum atomic E-state index is -0.308. The molecule has 35 heavy (non-hydrogen) atoms. The van der Waals surface area contributed by atoms with Gasteiger partial charge in [-0.1, -0.05) is 30.3 Å². The molecule has 1 amide bonds. The number of benzene rings is 1. The van der Waals surface area contributed by atoms with E-state index in [0.717, 1.165) is 43.7 Å². The average Bonchev–Trinajstić information content (AvgIpc) is 2.89. The Balaban J connectivity index is 1.25. The van der Waals surface area contributed by atoms with Crippen molar-refractivity contribution in [2.45, 2.75) is 26.3 Å². The monoisotopic (exact) mass is 470 g/mol. The van der Waals surface area contributed by atoms with Gasteiger partial charge in [0, 0.05) is 24.8 Å². The molecule has 1 fully saturated rings. The molecule has 8 nitrogen and oxygen atoms in total. The highest BCUT2D eigenvalue weighted by Crippen LogP contribution is 2.24. The van der Waals surface area contributed by atoms with Crippen LogP contribution in [0, 0.1) is 17.2 Å². The zero-order valence-electron chi connectivity index (χ0n) is 19.9. The van der Waals surface area contributed by atoms with Gasteiger partial charge in [0.2, 0.25) is 5.88 Å². The van der Waals surface area contributed by atoms with Crippen molar-refractivity contribution >= 4 is 11.6 Å². The van der Waals surface area contributed by atoms with Gasteiger partial charge in [0.15, 0.2) is 0 Å². The van der Waals surface area contributed by atoms with Crippen molar-refractivity contribution in [1.82, 2.24) is 20.2 Å². The first-order valence-corrected chi connectivity index (χ1v) is 11.9. The third kappa shape index (κ3) is 6.14. The summed E-state index contributed by atoms with van der Waals surface area (Å²) in [5.41, 5.74) is 9.82. The molecule has 0 saturated carbocycles. The fraction of sp³-hybridized carbons (Fsp3) is 0.333. The van der Waals surface area contributed by atoms with Crippen LogP contribution in [0.25, 0.3) is 11.3 Å². The lowest BCUT2D eigenvalue weighted by Crippen LogP contribution is -2.38. The maximum absolute atomic E-state index is 12.6. The average molecular weight is 471 g/mol. The van der Waals surface area contributed by atoms with Crippen LogP contribution in [0.5, 0.6) is 5.88 Å². The Morgan fingerprint density at radius 3 is 2.66 bits per heavy atom. The number of nitrogens with two attached hydrogens (primary N) is 1. The van der Waals surface area contributed by atoms with Gasteiger partial charge in [0.1, 0.15) is 17.3 Å². The largest absolute Gasteiger partial charge is 0.477 e. The lowest BCUT2D eigenvalue weighted by molar-refractivity contribution is 0.0929. The number of amides is 1. The summed E-state index contributed by atoms with van der Waals surface area (Å²) in [5.74, 6) is 0.197. The molecule has 3 N–H and O–H groups in total. The first-order chi connectivity index (χ1) is 17.1. The third-order valence-corrected chi connectivity index (χ3v) is 6.22. The van der Waals surface area contributed by atoms with Crippen molar-refractivity contribution in [3.8, 4) is 23.2 Å². The molecular formula is C27H30N6O2. The standard InChI is InChI=1S/C27H30N6O2/c1-2-35-27-22(16-28)23(29)15-25(32-27)26(34)31-17-19-10-13-33(14-11-19)18-20-6-8-21(9-7-20)24-5-3-4-12-30-24/h3-9,12,15,19H,2,10-11,13-14,17-18H2,1H3,(H2,29,32)(H,31,34). The van der Waals surface area contributed by atoms with E-state index in [4.69, 9.17) is 10.5 Å². The van der Waals surface area contributed by atoms with E-state index >= 15 is 0 Å². The van der Waals surface area contributed by atoms with Crippen LogP contribution in [0.2, 0.25) is 0 Å². The Morgan fingerprint density at radius 2 is 2.00 bits per heavy atom. The van der Waals surface area contributed by atoms with E-state index in [1.165, 1.54) is 11.6 Å². The summed E-state index contributed by atoms with van der Waals surface area (Å²) < 4.78 is 5.38. The van der Waals surface area contributed by atoms with Crippen LogP contribution in [0.4, 0.5) is 5.69 Å². The number of anilines is 1. The topological polar surface area (TPSA) is 117 Å². The normalized spacial score (nSPS) is 14.3. The number of hydrogen-bond acceptors (Lipinski definition) is 7. The smallest absolute Gasteiger partial charge is 0.270 e. The van der Waals surface area contributed by atoms with Gasteiger partial charge >= 0.3 is 0 Å². The van der Waals surface area contributed by atoms with Crippen molar-refractivity contribution < 1.29 is 9.53 Å². The molecule has 180 valence electrons. The van der Waals surface area contributed by atoms with E-state index in [1.54, 1.807) is 6.92 Å². The highest BCUT2D eigenvalue weighted by molar-refractivity contribution is 5.93. The molecular weight excluding hydrogens is 440 g/mol. The van der Waals surface area contributed by atoms with E-state index in [0.29, 0.717) is 19.1 Å². The molecule has 0 radical (unpaired) electrons. The number of rotatable bonds is 8. The molecule has 0 spiro atoms.